The van der Waals surface area contributed by atoms with E-state index in [0.29, 0.717) is 0 Å². The maximum absolute atomic E-state index is 13.1. The Morgan fingerprint density at radius 2 is 2.20 bits per heavy atom. The van der Waals surface area contributed by atoms with Crippen LogP contribution in [-0.2, 0) is 4.74 Å². The third kappa shape index (κ3) is 2.22. The summed E-state index contributed by atoms with van der Waals surface area (Å²) in [5.74, 6) is 0. The van der Waals surface area contributed by atoms with E-state index in [1.54, 1.807) is 0 Å². The molecule has 1 aromatic heterocycles. The summed E-state index contributed by atoms with van der Waals surface area (Å²) in [5, 5.41) is 19.0. The van der Waals surface area contributed by atoms with Crippen molar-refractivity contribution < 1.29 is 23.7 Å². The molecule has 3 N–H and O–H groups in total. The Labute approximate surface area is 118 Å². The standard InChI is InChI=1S/C10H11BrF2N2O5/c11-5-6(18)10(3-16,8(12)13)20-7(5)15-2-1-4(17)14-9(15)19/h1-2,5-8,16,18H,3H2,(H,14,17,19)/t5-,6+,7-,10-/m1/s1. The van der Waals surface area contributed by atoms with Gasteiger partial charge in [-0.05, 0) is 0 Å². The quantitative estimate of drug-likeness (QED) is 0.614. The van der Waals surface area contributed by atoms with E-state index in [0.717, 1.165) is 16.8 Å². The number of hydrogen-bond donors (Lipinski definition) is 3. The molecule has 0 spiro atoms. The van der Waals surface area contributed by atoms with Crippen molar-refractivity contribution >= 4 is 15.9 Å². The van der Waals surface area contributed by atoms with Gasteiger partial charge in [0.2, 0.25) is 0 Å². The summed E-state index contributed by atoms with van der Waals surface area (Å²) in [6.45, 7) is -1.12. The topological polar surface area (TPSA) is 105 Å². The number of aromatic amines is 1. The van der Waals surface area contributed by atoms with Crippen molar-refractivity contribution in [3.63, 3.8) is 0 Å². The first-order valence-corrected chi connectivity index (χ1v) is 6.45. The molecule has 1 fully saturated rings. The third-order valence-electron chi connectivity index (χ3n) is 3.16. The summed E-state index contributed by atoms with van der Waals surface area (Å²) in [6, 6.07) is 1.01. The van der Waals surface area contributed by atoms with Gasteiger partial charge in [-0.25, -0.2) is 13.6 Å². The minimum Gasteiger partial charge on any atom is -0.393 e. The van der Waals surface area contributed by atoms with E-state index in [9.17, 15) is 23.5 Å². The van der Waals surface area contributed by atoms with Gasteiger partial charge in [0.25, 0.3) is 12.0 Å². The molecular formula is C10H11BrF2N2O5. The number of aliphatic hydroxyl groups excluding tert-OH is 2. The van der Waals surface area contributed by atoms with Gasteiger partial charge in [0.1, 0.15) is 6.10 Å². The van der Waals surface area contributed by atoms with E-state index in [1.165, 1.54) is 0 Å². The van der Waals surface area contributed by atoms with Crippen molar-refractivity contribution in [3.8, 4) is 0 Å². The second kappa shape index (κ2) is 5.35. The molecule has 1 aliphatic rings. The smallest absolute Gasteiger partial charge is 0.330 e. The number of ether oxygens (including phenoxy) is 1. The molecule has 1 saturated heterocycles. The summed E-state index contributed by atoms with van der Waals surface area (Å²) < 4.78 is 32.0. The molecule has 0 aromatic carbocycles. The van der Waals surface area contributed by atoms with Gasteiger partial charge in [-0.15, -0.1) is 0 Å². The van der Waals surface area contributed by atoms with Crippen LogP contribution in [-0.4, -0.2) is 49.3 Å². The second-order valence-corrected chi connectivity index (χ2v) is 5.39. The molecule has 2 heterocycles. The Morgan fingerprint density at radius 3 is 2.65 bits per heavy atom. The fourth-order valence-electron chi connectivity index (χ4n) is 2.00. The Bertz CT molecular complexity index is 606. The van der Waals surface area contributed by atoms with E-state index in [-0.39, 0.29) is 0 Å². The lowest BCUT2D eigenvalue weighted by Crippen LogP contribution is -2.51. The monoisotopic (exact) mass is 356 g/mol. The number of nitrogens with one attached hydrogen (secondary N) is 1. The van der Waals surface area contributed by atoms with Gasteiger partial charge in [-0.2, -0.15) is 0 Å². The van der Waals surface area contributed by atoms with Crippen LogP contribution in [0.5, 0.6) is 0 Å². The lowest BCUT2D eigenvalue weighted by atomic mass is 9.98. The van der Waals surface area contributed by atoms with Crippen LogP contribution in [0, 0.1) is 0 Å². The lowest BCUT2D eigenvalue weighted by molar-refractivity contribution is -0.195. The van der Waals surface area contributed by atoms with Crippen LogP contribution < -0.4 is 11.2 Å². The van der Waals surface area contributed by atoms with Gasteiger partial charge in [0.05, 0.1) is 11.4 Å². The lowest BCUT2D eigenvalue weighted by Gasteiger charge is -2.28. The third-order valence-corrected chi connectivity index (χ3v) is 4.11. The molecule has 1 aromatic rings. The predicted octanol–water partition coefficient (Wildman–Crippen LogP) is -0.814. The molecule has 2 rings (SSSR count). The summed E-state index contributed by atoms with van der Waals surface area (Å²) in [6.07, 6.45) is -5.14. The zero-order valence-corrected chi connectivity index (χ0v) is 11.5. The van der Waals surface area contributed by atoms with E-state index in [4.69, 9.17) is 9.84 Å². The van der Waals surface area contributed by atoms with Gasteiger partial charge in [-0.3, -0.25) is 14.3 Å². The van der Waals surface area contributed by atoms with Crippen LogP contribution in [0.1, 0.15) is 6.23 Å². The number of halogens is 3. The highest BCUT2D eigenvalue weighted by molar-refractivity contribution is 9.09. The fraction of sp³-hybridized carbons (Fsp3) is 0.600. The highest BCUT2D eigenvalue weighted by Gasteiger charge is 2.59. The maximum Gasteiger partial charge on any atom is 0.330 e. The number of rotatable bonds is 3. The molecule has 0 amide bonds. The number of nitrogens with zero attached hydrogens (tertiary/aromatic N) is 1. The molecule has 4 atom stereocenters. The Balaban J connectivity index is 2.45. The molecule has 1 aliphatic heterocycles. The first-order valence-electron chi connectivity index (χ1n) is 5.54. The molecule has 0 radical (unpaired) electrons. The minimum atomic E-state index is -3.16. The van der Waals surface area contributed by atoms with Crippen molar-refractivity contribution in [2.75, 3.05) is 6.61 Å². The summed E-state index contributed by atoms with van der Waals surface area (Å²) in [4.78, 5) is 23.5. The molecule has 0 saturated carbocycles. The fourth-order valence-corrected chi connectivity index (χ4v) is 2.81. The van der Waals surface area contributed by atoms with Crippen molar-refractivity contribution in [2.24, 2.45) is 0 Å². The van der Waals surface area contributed by atoms with Crippen LogP contribution in [0.25, 0.3) is 0 Å². The number of aliphatic hydroxyl groups is 2. The van der Waals surface area contributed by atoms with E-state index < -0.39 is 47.0 Å². The molecule has 7 nitrogen and oxygen atoms in total. The zero-order valence-electron chi connectivity index (χ0n) is 9.87. The largest absolute Gasteiger partial charge is 0.393 e. The Kier molecular flexibility index (Phi) is 4.09. The molecule has 10 heteroatoms. The van der Waals surface area contributed by atoms with E-state index in [2.05, 4.69) is 15.9 Å². The van der Waals surface area contributed by atoms with Gasteiger partial charge in [0.15, 0.2) is 11.8 Å². The first kappa shape index (κ1) is 15.3. The van der Waals surface area contributed by atoms with Crippen LogP contribution in [0.2, 0.25) is 0 Å². The second-order valence-electron chi connectivity index (χ2n) is 4.33. The van der Waals surface area contributed by atoms with Crippen LogP contribution in [0.3, 0.4) is 0 Å². The molecule has 0 aliphatic carbocycles. The minimum absolute atomic E-state index is 0.654. The molecule has 0 unspecified atom stereocenters. The van der Waals surface area contributed by atoms with Crippen LogP contribution in [0.15, 0.2) is 21.9 Å². The highest BCUT2D eigenvalue weighted by atomic mass is 79.9. The predicted molar refractivity (Wildman–Crippen MR) is 66.0 cm³/mol. The number of H-pyrrole nitrogens is 1. The summed E-state index contributed by atoms with van der Waals surface area (Å²) in [7, 11) is 0. The number of alkyl halides is 3. The number of hydrogen-bond acceptors (Lipinski definition) is 5. The molecule has 112 valence electrons. The van der Waals surface area contributed by atoms with Crippen LogP contribution >= 0.6 is 15.9 Å². The van der Waals surface area contributed by atoms with Gasteiger partial charge >= 0.3 is 5.69 Å². The van der Waals surface area contributed by atoms with Crippen molar-refractivity contribution in [3.05, 3.63) is 33.1 Å². The van der Waals surface area contributed by atoms with Gasteiger partial charge in [0, 0.05) is 12.3 Å². The normalized spacial score (nSPS) is 33.8. The average Bonchev–Trinajstić information content (AvgIpc) is 2.64. The van der Waals surface area contributed by atoms with Crippen molar-refractivity contribution in [1.29, 1.82) is 0 Å². The van der Waals surface area contributed by atoms with E-state index >= 15 is 0 Å². The Hall–Kier alpha value is -1.10. The average molecular weight is 357 g/mol. The van der Waals surface area contributed by atoms with Crippen molar-refractivity contribution in [2.45, 2.75) is 29.2 Å². The summed E-state index contributed by atoms with van der Waals surface area (Å²) >= 11 is 2.97. The number of aromatic nitrogens is 2. The maximum atomic E-state index is 13.1. The highest BCUT2D eigenvalue weighted by Crippen LogP contribution is 2.43. The van der Waals surface area contributed by atoms with Gasteiger partial charge < -0.3 is 14.9 Å². The SMILES string of the molecule is O=c1ccn([C@@H]2O[C@@](CO)(C(F)F)[C@@H](O)[C@H]2Br)c(=O)[nH]1. The van der Waals surface area contributed by atoms with Crippen molar-refractivity contribution in [1.82, 2.24) is 9.55 Å². The van der Waals surface area contributed by atoms with Gasteiger partial charge in [-0.1, -0.05) is 15.9 Å². The summed E-state index contributed by atoms with van der Waals surface area (Å²) in [5.41, 5.74) is -4.02. The zero-order chi connectivity index (χ0) is 15.1. The van der Waals surface area contributed by atoms with Crippen LogP contribution in [0.4, 0.5) is 8.78 Å². The first-order chi connectivity index (χ1) is 9.33. The Morgan fingerprint density at radius 1 is 1.55 bits per heavy atom. The molecule has 20 heavy (non-hydrogen) atoms. The molecule has 0 bridgehead atoms. The molecular weight excluding hydrogens is 346 g/mol. The van der Waals surface area contributed by atoms with E-state index in [1.807, 2.05) is 4.98 Å².